The molecule has 35 heavy (non-hydrogen) atoms. The number of aromatic nitrogens is 2. The van der Waals surface area contributed by atoms with Gasteiger partial charge in [-0.25, -0.2) is 4.98 Å². The van der Waals surface area contributed by atoms with Crippen LogP contribution >= 0.6 is 11.3 Å². The van der Waals surface area contributed by atoms with Crippen LogP contribution in [0.2, 0.25) is 0 Å². The van der Waals surface area contributed by atoms with Crippen molar-refractivity contribution in [1.29, 1.82) is 0 Å². The van der Waals surface area contributed by atoms with Crippen LogP contribution < -0.4 is 9.47 Å². The van der Waals surface area contributed by atoms with Gasteiger partial charge in [-0.2, -0.15) is 0 Å². The van der Waals surface area contributed by atoms with Crippen molar-refractivity contribution in [2.24, 2.45) is 5.92 Å². The average molecular weight is 491 g/mol. The second kappa shape index (κ2) is 11.2. The number of ether oxygens (including phenoxy) is 3. The van der Waals surface area contributed by atoms with E-state index in [9.17, 15) is 4.79 Å². The van der Waals surface area contributed by atoms with Gasteiger partial charge in [-0.05, 0) is 72.1 Å². The van der Waals surface area contributed by atoms with Gasteiger partial charge in [-0.3, -0.25) is 4.79 Å². The lowest BCUT2D eigenvalue weighted by molar-refractivity contribution is -0.145. The van der Waals surface area contributed by atoms with E-state index in [0.29, 0.717) is 12.5 Å². The van der Waals surface area contributed by atoms with Crippen molar-refractivity contribution in [2.75, 3.05) is 20.8 Å². The van der Waals surface area contributed by atoms with Crippen LogP contribution in [0.25, 0.3) is 32.4 Å². The fraction of sp³-hybridized carbons (Fsp3) is 0.286. The third-order valence-corrected chi connectivity index (χ3v) is 7.04. The summed E-state index contributed by atoms with van der Waals surface area (Å²) >= 11 is 1.60. The number of rotatable bonds is 10. The van der Waals surface area contributed by atoms with Gasteiger partial charge in [0.1, 0.15) is 23.1 Å². The van der Waals surface area contributed by atoms with Crippen LogP contribution in [0.3, 0.4) is 0 Å². The van der Waals surface area contributed by atoms with Crippen molar-refractivity contribution >= 4 is 17.3 Å². The Labute approximate surface area is 210 Å². The van der Waals surface area contributed by atoms with Gasteiger partial charge in [0, 0.05) is 11.8 Å². The summed E-state index contributed by atoms with van der Waals surface area (Å²) in [6.45, 7) is 4.75. The summed E-state index contributed by atoms with van der Waals surface area (Å²) in [6, 6.07) is 19.8. The molecule has 0 aliphatic rings. The zero-order valence-electron chi connectivity index (χ0n) is 20.5. The van der Waals surface area contributed by atoms with Crippen LogP contribution in [0.1, 0.15) is 20.3 Å². The molecule has 0 aliphatic carbocycles. The number of hydrogen-bond donors (Lipinski definition) is 0. The second-order valence-corrected chi connectivity index (χ2v) is 9.37. The molecule has 0 bridgehead atoms. The summed E-state index contributed by atoms with van der Waals surface area (Å²) < 4.78 is 18.0. The lowest BCUT2D eigenvalue weighted by Crippen LogP contribution is -2.17. The third kappa shape index (κ3) is 5.74. The highest BCUT2D eigenvalue weighted by Gasteiger charge is 2.19. The molecule has 182 valence electrons. The van der Waals surface area contributed by atoms with Crippen molar-refractivity contribution in [3.8, 4) is 43.9 Å². The largest absolute Gasteiger partial charge is 0.497 e. The Hall–Kier alpha value is -3.58. The molecule has 0 fully saturated rings. The maximum absolute atomic E-state index is 12.5. The molecule has 2 aromatic carbocycles. The lowest BCUT2D eigenvalue weighted by atomic mass is 10.1. The first-order chi connectivity index (χ1) is 17.0. The quantitative estimate of drug-likeness (QED) is 0.236. The molecule has 0 saturated carbocycles. The maximum Gasteiger partial charge on any atom is 0.325 e. The Bertz CT molecular complexity index is 1190. The molecule has 4 aromatic rings. The van der Waals surface area contributed by atoms with Crippen molar-refractivity contribution in [3.05, 3.63) is 66.9 Å². The van der Waals surface area contributed by atoms with Crippen LogP contribution in [0.4, 0.5) is 0 Å². The number of nitrogens with zero attached hydrogens (tertiary/aromatic N) is 2. The highest BCUT2D eigenvalue weighted by atomic mass is 32.1. The first-order valence-corrected chi connectivity index (χ1v) is 12.4. The number of esters is 1. The van der Waals surface area contributed by atoms with Gasteiger partial charge in [-0.1, -0.05) is 20.3 Å². The molecule has 2 aromatic heterocycles. The fourth-order valence-corrected chi connectivity index (χ4v) is 4.73. The third-order valence-electron chi connectivity index (χ3n) is 5.92. The van der Waals surface area contributed by atoms with E-state index in [2.05, 4.69) is 13.8 Å². The molecule has 1 unspecified atom stereocenters. The molecule has 0 N–H and O–H groups in total. The smallest absolute Gasteiger partial charge is 0.325 e. The molecule has 2 heterocycles. The first-order valence-electron chi connectivity index (χ1n) is 11.6. The highest BCUT2D eigenvalue weighted by molar-refractivity contribution is 7.18. The molecule has 7 heteroatoms. The normalized spacial score (nSPS) is 11.8. The summed E-state index contributed by atoms with van der Waals surface area (Å²) in [5.41, 5.74) is 3.80. The van der Waals surface area contributed by atoms with E-state index >= 15 is 0 Å². The van der Waals surface area contributed by atoms with Crippen molar-refractivity contribution in [2.45, 2.75) is 26.8 Å². The van der Waals surface area contributed by atoms with Crippen LogP contribution in [-0.2, 0) is 16.1 Å². The molecule has 6 nitrogen and oxygen atoms in total. The molecule has 0 spiro atoms. The van der Waals surface area contributed by atoms with Crippen LogP contribution in [0.15, 0.2) is 66.9 Å². The van der Waals surface area contributed by atoms with E-state index in [1.165, 1.54) is 0 Å². The summed E-state index contributed by atoms with van der Waals surface area (Å²) in [5.74, 6) is 1.69. The van der Waals surface area contributed by atoms with Crippen LogP contribution in [0, 0.1) is 5.92 Å². The topological polar surface area (TPSA) is 62.6 Å². The number of carbonyl (C=O) groups excluding carboxylic acids is 1. The standard InChI is InChI=1S/C28H30N2O4S/c1-5-19(2)18-34-25(31)17-30-16-6-7-24(30)28-29-26(20-8-12-22(32-3)13-9-20)27(35-28)21-10-14-23(33-4)15-11-21/h6-16,19H,5,17-18H2,1-4H3. The van der Waals surface area contributed by atoms with Crippen molar-refractivity contribution in [1.82, 2.24) is 9.55 Å². The minimum absolute atomic E-state index is 0.147. The Kier molecular flexibility index (Phi) is 7.87. The van der Waals surface area contributed by atoms with Gasteiger partial charge in [0.2, 0.25) is 0 Å². The van der Waals surface area contributed by atoms with E-state index in [0.717, 1.165) is 50.3 Å². The zero-order chi connectivity index (χ0) is 24.8. The van der Waals surface area contributed by atoms with E-state index in [-0.39, 0.29) is 12.5 Å². The number of hydrogen-bond acceptors (Lipinski definition) is 6. The average Bonchev–Trinajstić information content (AvgIpc) is 3.54. The molecule has 0 saturated heterocycles. The van der Waals surface area contributed by atoms with E-state index < -0.39 is 0 Å². The second-order valence-electron chi connectivity index (χ2n) is 8.37. The van der Waals surface area contributed by atoms with Gasteiger partial charge < -0.3 is 18.8 Å². The maximum atomic E-state index is 12.5. The van der Waals surface area contributed by atoms with Gasteiger partial charge in [-0.15, -0.1) is 11.3 Å². The summed E-state index contributed by atoms with van der Waals surface area (Å²) in [6.07, 6.45) is 2.87. The van der Waals surface area contributed by atoms with Gasteiger partial charge in [0.05, 0.1) is 37.1 Å². The van der Waals surface area contributed by atoms with Crippen LogP contribution in [-0.4, -0.2) is 36.3 Å². The van der Waals surface area contributed by atoms with Crippen LogP contribution in [0.5, 0.6) is 11.5 Å². The number of methoxy groups -OCH3 is 2. The van der Waals surface area contributed by atoms with Gasteiger partial charge in [0.15, 0.2) is 0 Å². The summed E-state index contributed by atoms with van der Waals surface area (Å²) in [7, 11) is 3.31. The zero-order valence-corrected chi connectivity index (χ0v) is 21.3. The molecule has 0 aliphatic heterocycles. The highest BCUT2D eigenvalue weighted by Crippen LogP contribution is 2.41. The molecular formula is C28H30N2O4S. The predicted molar refractivity (Wildman–Crippen MR) is 140 cm³/mol. The summed E-state index contributed by atoms with van der Waals surface area (Å²) in [4.78, 5) is 18.5. The van der Waals surface area contributed by atoms with E-state index in [4.69, 9.17) is 19.2 Å². The van der Waals surface area contributed by atoms with Gasteiger partial charge >= 0.3 is 5.97 Å². The molecule has 4 rings (SSSR count). The summed E-state index contributed by atoms with van der Waals surface area (Å²) in [5, 5.41) is 0.835. The molecular weight excluding hydrogens is 460 g/mol. The van der Waals surface area contributed by atoms with Crippen molar-refractivity contribution in [3.63, 3.8) is 0 Å². The monoisotopic (exact) mass is 490 g/mol. The molecule has 0 amide bonds. The Morgan fingerprint density at radius 2 is 1.60 bits per heavy atom. The number of benzene rings is 2. The first kappa shape index (κ1) is 24.5. The van der Waals surface area contributed by atoms with E-state index in [1.54, 1.807) is 25.6 Å². The molecule has 1 atom stereocenters. The fourth-order valence-electron chi connectivity index (χ4n) is 3.60. The number of thiazole rings is 1. The van der Waals surface area contributed by atoms with Crippen molar-refractivity contribution < 1.29 is 19.0 Å². The minimum atomic E-state index is -0.245. The number of carbonyl (C=O) groups is 1. The van der Waals surface area contributed by atoms with Gasteiger partial charge in [0.25, 0.3) is 0 Å². The Balaban J connectivity index is 1.69. The lowest BCUT2D eigenvalue weighted by Gasteiger charge is -2.11. The molecule has 0 radical (unpaired) electrons. The Morgan fingerprint density at radius 3 is 2.20 bits per heavy atom. The predicted octanol–water partition coefficient (Wildman–Crippen LogP) is 6.55. The Morgan fingerprint density at radius 1 is 0.971 bits per heavy atom. The van der Waals surface area contributed by atoms with E-state index in [1.807, 2.05) is 71.4 Å². The SMILES string of the molecule is CCC(C)COC(=O)Cn1cccc1-c1nc(-c2ccc(OC)cc2)c(-c2ccc(OC)cc2)s1. The minimum Gasteiger partial charge on any atom is -0.497 e.